The van der Waals surface area contributed by atoms with E-state index in [2.05, 4.69) is 15.5 Å². The van der Waals surface area contributed by atoms with E-state index in [1.807, 2.05) is 6.07 Å². The van der Waals surface area contributed by atoms with Gasteiger partial charge in [0.25, 0.3) is 0 Å². The number of hydrogen-bond acceptors (Lipinski definition) is 6. The Bertz CT molecular complexity index is 623. The molecule has 0 amide bonds. The first kappa shape index (κ1) is 15.5. The third-order valence-electron chi connectivity index (χ3n) is 3.39. The maximum Gasteiger partial charge on any atom is 0.337 e. The van der Waals surface area contributed by atoms with E-state index in [9.17, 15) is 4.79 Å². The molecule has 0 saturated carbocycles. The fraction of sp³-hybridized carbons (Fsp3) is 0.357. The molecule has 0 aliphatic carbocycles. The normalized spacial score (nSPS) is 17.3. The van der Waals surface area contributed by atoms with Crippen LogP contribution >= 0.6 is 12.4 Å². The van der Waals surface area contributed by atoms with Gasteiger partial charge in [0.05, 0.1) is 18.6 Å². The van der Waals surface area contributed by atoms with Gasteiger partial charge >= 0.3 is 5.97 Å². The first-order valence-electron chi connectivity index (χ1n) is 6.51. The summed E-state index contributed by atoms with van der Waals surface area (Å²) in [4.78, 5) is 15.9. The lowest BCUT2D eigenvalue weighted by molar-refractivity contribution is 0.0601. The molecule has 1 aromatic carbocycles. The summed E-state index contributed by atoms with van der Waals surface area (Å²) in [5.41, 5.74) is 1.22. The van der Waals surface area contributed by atoms with Crippen LogP contribution < -0.4 is 5.32 Å². The number of carbonyl (C=O) groups excluding carboxylic acids is 1. The van der Waals surface area contributed by atoms with Crippen LogP contribution in [-0.2, 0) is 4.74 Å². The van der Waals surface area contributed by atoms with E-state index in [1.165, 1.54) is 7.11 Å². The minimum absolute atomic E-state index is 0. The molecular weight excluding hydrogens is 294 g/mol. The number of hydrogen-bond donors (Lipinski definition) is 1. The molecule has 7 heteroatoms. The molecule has 1 fully saturated rings. The zero-order valence-corrected chi connectivity index (χ0v) is 12.4. The molecule has 1 aliphatic rings. The molecular formula is C14H16ClN3O3. The summed E-state index contributed by atoms with van der Waals surface area (Å²) in [6.07, 6.45) is 1.00. The Labute approximate surface area is 128 Å². The van der Waals surface area contributed by atoms with E-state index < -0.39 is 0 Å². The molecule has 0 spiro atoms. The summed E-state index contributed by atoms with van der Waals surface area (Å²) >= 11 is 0. The molecule has 1 saturated heterocycles. The Hall–Kier alpha value is -1.92. The number of aromatic nitrogens is 2. The van der Waals surface area contributed by atoms with Gasteiger partial charge in [0.1, 0.15) is 0 Å². The van der Waals surface area contributed by atoms with E-state index in [1.54, 1.807) is 18.2 Å². The second kappa shape index (κ2) is 6.69. The summed E-state index contributed by atoms with van der Waals surface area (Å²) in [7, 11) is 1.36. The van der Waals surface area contributed by atoms with Gasteiger partial charge in [-0.05, 0) is 25.1 Å². The van der Waals surface area contributed by atoms with Gasteiger partial charge in [-0.3, -0.25) is 0 Å². The van der Waals surface area contributed by atoms with Crippen molar-refractivity contribution in [2.45, 2.75) is 12.3 Å². The Balaban J connectivity index is 0.00000161. The zero-order chi connectivity index (χ0) is 13.9. The number of methoxy groups -OCH3 is 1. The summed E-state index contributed by atoms with van der Waals surface area (Å²) in [5.74, 6) is 1.04. The Morgan fingerprint density at radius 3 is 3.05 bits per heavy atom. The minimum atomic E-state index is -0.379. The minimum Gasteiger partial charge on any atom is -0.465 e. The lowest BCUT2D eigenvalue weighted by Gasteiger charge is -2.00. The van der Waals surface area contributed by atoms with Crippen LogP contribution in [0.2, 0.25) is 0 Å². The topological polar surface area (TPSA) is 77.2 Å². The molecule has 1 aliphatic heterocycles. The smallest absolute Gasteiger partial charge is 0.337 e. The second-order valence-corrected chi connectivity index (χ2v) is 4.72. The predicted octanol–water partition coefficient (Wildman–Crippen LogP) is 2.02. The van der Waals surface area contributed by atoms with Crippen LogP contribution in [0.4, 0.5) is 0 Å². The Kier molecular flexibility index (Phi) is 4.93. The summed E-state index contributed by atoms with van der Waals surface area (Å²) < 4.78 is 10.0. The van der Waals surface area contributed by atoms with E-state index in [0.29, 0.717) is 17.3 Å². The SMILES string of the molecule is COC(=O)c1cccc(-c2noc([C@@H]3CCNC3)n2)c1.Cl. The summed E-state index contributed by atoms with van der Waals surface area (Å²) in [6, 6.07) is 7.01. The van der Waals surface area contributed by atoms with E-state index >= 15 is 0 Å². The maximum atomic E-state index is 11.5. The third-order valence-corrected chi connectivity index (χ3v) is 3.39. The number of esters is 1. The largest absolute Gasteiger partial charge is 0.465 e. The van der Waals surface area contributed by atoms with Crippen LogP contribution in [0.5, 0.6) is 0 Å². The highest BCUT2D eigenvalue weighted by atomic mass is 35.5. The number of carbonyl (C=O) groups is 1. The summed E-state index contributed by atoms with van der Waals surface area (Å²) in [6.45, 7) is 1.84. The molecule has 1 N–H and O–H groups in total. The van der Waals surface area contributed by atoms with Gasteiger partial charge in [0.2, 0.25) is 11.7 Å². The van der Waals surface area contributed by atoms with Crippen LogP contribution in [0.15, 0.2) is 28.8 Å². The van der Waals surface area contributed by atoms with Gasteiger partial charge < -0.3 is 14.6 Å². The van der Waals surface area contributed by atoms with Gasteiger partial charge in [-0.15, -0.1) is 12.4 Å². The second-order valence-electron chi connectivity index (χ2n) is 4.72. The molecule has 2 aromatic rings. The van der Waals surface area contributed by atoms with Crippen molar-refractivity contribution in [2.75, 3.05) is 20.2 Å². The number of halogens is 1. The van der Waals surface area contributed by atoms with Gasteiger partial charge in [0.15, 0.2) is 0 Å². The molecule has 0 unspecified atom stereocenters. The lowest BCUT2D eigenvalue weighted by Crippen LogP contribution is -2.08. The van der Waals surface area contributed by atoms with Crippen molar-refractivity contribution < 1.29 is 14.1 Å². The molecule has 0 bridgehead atoms. The van der Waals surface area contributed by atoms with Crippen molar-refractivity contribution in [1.29, 1.82) is 0 Å². The first-order valence-corrected chi connectivity index (χ1v) is 6.51. The summed E-state index contributed by atoms with van der Waals surface area (Å²) in [5, 5.41) is 7.25. The van der Waals surface area contributed by atoms with Gasteiger partial charge in [-0.25, -0.2) is 4.79 Å². The molecule has 21 heavy (non-hydrogen) atoms. The number of ether oxygens (including phenoxy) is 1. The number of benzene rings is 1. The van der Waals surface area contributed by atoms with Crippen LogP contribution in [0, 0.1) is 0 Å². The van der Waals surface area contributed by atoms with Crippen molar-refractivity contribution in [2.24, 2.45) is 0 Å². The first-order chi connectivity index (χ1) is 9.78. The number of rotatable bonds is 3. The zero-order valence-electron chi connectivity index (χ0n) is 11.5. The Morgan fingerprint density at radius 1 is 1.48 bits per heavy atom. The highest BCUT2D eigenvalue weighted by Gasteiger charge is 2.23. The monoisotopic (exact) mass is 309 g/mol. The fourth-order valence-electron chi connectivity index (χ4n) is 2.29. The molecule has 2 heterocycles. The van der Waals surface area contributed by atoms with Crippen LogP contribution in [0.25, 0.3) is 11.4 Å². The third kappa shape index (κ3) is 3.22. The van der Waals surface area contributed by atoms with Gasteiger partial charge in [-0.1, -0.05) is 17.3 Å². The molecule has 6 nitrogen and oxygen atoms in total. The molecule has 0 radical (unpaired) electrons. The highest BCUT2D eigenvalue weighted by Crippen LogP contribution is 2.24. The lowest BCUT2D eigenvalue weighted by atomic mass is 10.1. The van der Waals surface area contributed by atoms with Crippen molar-refractivity contribution in [1.82, 2.24) is 15.5 Å². The van der Waals surface area contributed by atoms with Crippen molar-refractivity contribution >= 4 is 18.4 Å². The molecule has 112 valence electrons. The number of nitrogens with zero attached hydrogens (tertiary/aromatic N) is 2. The van der Waals surface area contributed by atoms with Crippen LogP contribution in [0.1, 0.15) is 28.6 Å². The maximum absolute atomic E-state index is 11.5. The van der Waals surface area contributed by atoms with Crippen LogP contribution in [-0.4, -0.2) is 36.3 Å². The van der Waals surface area contributed by atoms with Gasteiger partial charge in [0, 0.05) is 12.1 Å². The highest BCUT2D eigenvalue weighted by molar-refractivity contribution is 5.90. The molecule has 3 rings (SSSR count). The predicted molar refractivity (Wildman–Crippen MR) is 78.5 cm³/mol. The quantitative estimate of drug-likeness (QED) is 0.874. The molecule has 1 atom stereocenters. The fourth-order valence-corrected chi connectivity index (χ4v) is 2.29. The van der Waals surface area contributed by atoms with Crippen molar-refractivity contribution in [3.63, 3.8) is 0 Å². The van der Waals surface area contributed by atoms with Gasteiger partial charge in [-0.2, -0.15) is 4.98 Å². The van der Waals surface area contributed by atoms with E-state index in [4.69, 9.17) is 9.26 Å². The molecule has 1 aromatic heterocycles. The average molecular weight is 310 g/mol. The van der Waals surface area contributed by atoms with E-state index in [0.717, 1.165) is 25.1 Å². The number of nitrogens with one attached hydrogen (secondary N) is 1. The average Bonchev–Trinajstić information content (AvgIpc) is 3.17. The van der Waals surface area contributed by atoms with Crippen molar-refractivity contribution in [3.8, 4) is 11.4 Å². The van der Waals surface area contributed by atoms with Crippen LogP contribution in [0.3, 0.4) is 0 Å². The Morgan fingerprint density at radius 2 is 2.33 bits per heavy atom. The van der Waals surface area contributed by atoms with Crippen molar-refractivity contribution in [3.05, 3.63) is 35.7 Å². The van der Waals surface area contributed by atoms with E-state index in [-0.39, 0.29) is 24.3 Å². The standard InChI is InChI=1S/C14H15N3O3.ClH/c1-19-14(18)10-4-2-3-9(7-10)12-16-13(20-17-12)11-5-6-15-8-11;/h2-4,7,11,15H,5-6,8H2,1H3;1H/t11-;/m1./s1.